The molecule has 0 atom stereocenters. The van der Waals surface area contributed by atoms with Crippen molar-refractivity contribution in [1.82, 2.24) is 0 Å². The molecular weight excluding hydrogens is 539 g/mol. The van der Waals surface area contributed by atoms with Crippen molar-refractivity contribution in [2.45, 2.75) is 106 Å². The summed E-state index contributed by atoms with van der Waals surface area (Å²) < 4.78 is 224. The predicted octanol–water partition coefficient (Wildman–Crippen LogP) is 9.38. The van der Waals surface area contributed by atoms with Crippen LogP contribution in [-0.2, 0) is 0 Å². The van der Waals surface area contributed by atoms with Crippen LogP contribution in [0.5, 0.6) is 0 Å². The molecule has 0 saturated carbocycles. The van der Waals surface area contributed by atoms with Gasteiger partial charge in [-0.05, 0) is 5.92 Å². The van der Waals surface area contributed by atoms with Gasteiger partial charge in [-0.25, -0.2) is 52.7 Å². The molecule has 35 heavy (non-hydrogen) atoms. The van der Waals surface area contributed by atoms with Gasteiger partial charge >= 0.3 is 12.1 Å². The van der Waals surface area contributed by atoms with E-state index in [-0.39, 0.29) is 0 Å². The van der Waals surface area contributed by atoms with E-state index in [1.54, 1.807) is 0 Å². The summed E-state index contributed by atoms with van der Waals surface area (Å²) in [4.78, 5) is 0. The van der Waals surface area contributed by atoms with Gasteiger partial charge in [-0.2, -0.15) is 22.0 Å². The van der Waals surface area contributed by atoms with Crippen LogP contribution in [0.1, 0.15) is 58.8 Å². The van der Waals surface area contributed by atoms with Crippen LogP contribution in [-0.4, -0.2) is 47.6 Å². The van der Waals surface area contributed by atoms with E-state index in [1.807, 2.05) is 0 Å². The van der Waals surface area contributed by atoms with E-state index in [2.05, 4.69) is 0 Å². The zero-order chi connectivity index (χ0) is 28.5. The Kier molecular flexibility index (Phi) is 9.94. The van der Waals surface area contributed by atoms with Gasteiger partial charge < -0.3 is 0 Å². The van der Waals surface area contributed by atoms with Gasteiger partial charge in [0.2, 0.25) is 0 Å². The Balaban J connectivity index is 5.35. The van der Waals surface area contributed by atoms with Crippen LogP contribution < -0.4 is 0 Å². The lowest BCUT2D eigenvalue weighted by atomic mass is 9.92. The van der Waals surface area contributed by atoms with E-state index in [4.69, 9.17) is 0 Å². The lowest BCUT2D eigenvalue weighted by Crippen LogP contribution is -2.45. The Hall–Kier alpha value is -1.19. The Bertz CT molecular complexity index is 675. The van der Waals surface area contributed by atoms with Crippen molar-refractivity contribution in [2.75, 3.05) is 0 Å². The molecule has 0 aliphatic heterocycles. The average Bonchev–Trinajstić information content (AvgIpc) is 2.33. The number of rotatable bonds is 14. The van der Waals surface area contributed by atoms with Crippen molar-refractivity contribution in [2.24, 2.45) is 5.92 Å². The second kappa shape index (κ2) is 10.3. The summed E-state index contributed by atoms with van der Waals surface area (Å²) >= 11 is 0. The van der Waals surface area contributed by atoms with Crippen LogP contribution >= 0.6 is 0 Å². The van der Waals surface area contributed by atoms with E-state index < -0.39 is 98.5 Å². The van der Waals surface area contributed by atoms with Crippen LogP contribution in [0, 0.1) is 5.92 Å². The first kappa shape index (κ1) is 33.8. The average molecular weight is 560 g/mol. The van der Waals surface area contributed by atoms with Crippen LogP contribution in [0.25, 0.3) is 0 Å². The zero-order valence-corrected chi connectivity index (χ0v) is 18.0. The van der Waals surface area contributed by atoms with E-state index in [0.29, 0.717) is 0 Å². The highest BCUT2D eigenvalue weighted by molar-refractivity contribution is 4.92. The maximum Gasteiger partial charge on any atom is 0.453 e. The van der Waals surface area contributed by atoms with E-state index >= 15 is 0 Å². The largest absolute Gasteiger partial charge is 0.453 e. The molecule has 0 unspecified atom stereocenters. The van der Waals surface area contributed by atoms with Gasteiger partial charge in [0, 0.05) is 6.42 Å². The van der Waals surface area contributed by atoms with Crippen LogP contribution in [0.2, 0.25) is 0 Å². The first-order valence-corrected chi connectivity index (χ1v) is 9.62. The van der Waals surface area contributed by atoms with E-state index in [9.17, 15) is 74.6 Å². The molecule has 0 bridgehead atoms. The smallest absolute Gasteiger partial charge is 0.207 e. The molecule has 0 rings (SSSR count). The quantitative estimate of drug-likeness (QED) is 0.186. The number of hydrogen-bond donors (Lipinski definition) is 0. The lowest BCUT2D eigenvalue weighted by molar-refractivity contribution is -0.304. The minimum absolute atomic E-state index is 0.873. The fourth-order valence-electron chi connectivity index (χ4n) is 3.30. The van der Waals surface area contributed by atoms with E-state index in [1.165, 1.54) is 13.8 Å². The Labute approximate surface area is 188 Å². The Morgan fingerprint density at radius 3 is 0.829 bits per heavy atom. The van der Waals surface area contributed by atoms with Gasteiger partial charge in [-0.3, -0.25) is 0 Å². The molecule has 17 heteroatoms. The first-order valence-electron chi connectivity index (χ1n) is 9.62. The minimum atomic E-state index is -6.60. The molecule has 0 spiro atoms. The SMILES string of the molecule is CC(C)CC(F)(F)CC(F)(F)CC(F)(F)CC(F)(F)CC(F)(F)CC(F)(F)CC(F)(F)C(F)(F)F. The molecule has 0 aliphatic carbocycles. The lowest BCUT2D eigenvalue weighted by Gasteiger charge is -2.31. The Morgan fingerprint density at radius 1 is 0.371 bits per heavy atom. The van der Waals surface area contributed by atoms with Crippen molar-refractivity contribution in [3.8, 4) is 0 Å². The summed E-state index contributed by atoms with van der Waals surface area (Å²) in [6.45, 7) is 2.35. The molecule has 0 heterocycles. The van der Waals surface area contributed by atoms with Gasteiger partial charge in [0.05, 0.1) is 38.5 Å². The summed E-state index contributed by atoms with van der Waals surface area (Å²) in [6.07, 6.45) is -26.5. The van der Waals surface area contributed by atoms with E-state index in [0.717, 1.165) is 0 Å². The van der Waals surface area contributed by atoms with Gasteiger partial charge in [-0.1, -0.05) is 13.8 Å². The molecule has 0 amide bonds. The summed E-state index contributed by atoms with van der Waals surface area (Å²) in [5.74, 6) is -38.0. The van der Waals surface area contributed by atoms with Gasteiger partial charge in [0.15, 0.2) is 0 Å². The second-order valence-electron chi connectivity index (χ2n) is 9.00. The van der Waals surface area contributed by atoms with Crippen molar-refractivity contribution < 1.29 is 74.6 Å². The van der Waals surface area contributed by atoms with Crippen molar-refractivity contribution in [1.29, 1.82) is 0 Å². The predicted molar refractivity (Wildman–Crippen MR) is 87.8 cm³/mol. The maximum atomic E-state index is 13.7. The van der Waals surface area contributed by atoms with Gasteiger partial charge in [0.25, 0.3) is 35.5 Å². The number of hydrogen-bond acceptors (Lipinski definition) is 0. The normalized spacial score (nSPS) is 15.8. The number of alkyl halides is 17. The third-order valence-electron chi connectivity index (χ3n) is 4.19. The molecule has 0 fully saturated rings. The molecule has 0 aliphatic rings. The second-order valence-corrected chi connectivity index (χ2v) is 9.00. The molecule has 0 nitrogen and oxygen atoms in total. The highest BCUT2D eigenvalue weighted by atomic mass is 19.4. The first-order chi connectivity index (χ1) is 14.9. The van der Waals surface area contributed by atoms with Gasteiger partial charge in [-0.15, -0.1) is 0 Å². The van der Waals surface area contributed by atoms with Crippen LogP contribution in [0.4, 0.5) is 74.6 Å². The fraction of sp³-hybridized carbons (Fsp3) is 1.00. The molecule has 0 saturated heterocycles. The summed E-state index contributed by atoms with van der Waals surface area (Å²) in [5.41, 5.74) is 0. The molecule has 0 aromatic heterocycles. The summed E-state index contributed by atoms with van der Waals surface area (Å²) in [7, 11) is 0. The molecular formula is C18H21F17. The fourth-order valence-corrected chi connectivity index (χ4v) is 3.30. The van der Waals surface area contributed by atoms with Crippen molar-refractivity contribution in [3.05, 3.63) is 0 Å². The topological polar surface area (TPSA) is 0 Å². The monoisotopic (exact) mass is 560 g/mol. The maximum absolute atomic E-state index is 13.7. The third-order valence-corrected chi connectivity index (χ3v) is 4.19. The Morgan fingerprint density at radius 2 is 0.600 bits per heavy atom. The molecule has 0 N–H and O–H groups in total. The van der Waals surface area contributed by atoms with Gasteiger partial charge in [0.1, 0.15) is 0 Å². The standard InChI is InChI=1S/C18H21F17/c1-10(2)3-11(19,20)4-12(21,22)5-13(23,24)6-14(25,26)7-15(27,28)8-16(29,30)9-17(31,32)18(33,34)35/h10H,3-9H2,1-2H3. The number of halogens is 17. The van der Waals surface area contributed by atoms with Crippen molar-refractivity contribution in [3.63, 3.8) is 0 Å². The molecule has 212 valence electrons. The molecule has 0 radical (unpaired) electrons. The van der Waals surface area contributed by atoms with Crippen LogP contribution in [0.3, 0.4) is 0 Å². The van der Waals surface area contributed by atoms with Crippen molar-refractivity contribution >= 4 is 0 Å². The minimum Gasteiger partial charge on any atom is -0.207 e. The molecule has 0 aromatic rings. The zero-order valence-electron chi connectivity index (χ0n) is 18.0. The highest BCUT2D eigenvalue weighted by Gasteiger charge is 2.63. The summed E-state index contributed by atoms with van der Waals surface area (Å²) in [5, 5.41) is 0. The highest BCUT2D eigenvalue weighted by Crippen LogP contribution is 2.49. The molecule has 0 aromatic carbocycles. The summed E-state index contributed by atoms with van der Waals surface area (Å²) in [6, 6.07) is 0. The third kappa shape index (κ3) is 13.1. The van der Waals surface area contributed by atoms with Crippen LogP contribution in [0.15, 0.2) is 0 Å².